The molecule has 1 nitrogen and oxygen atoms in total. The summed E-state index contributed by atoms with van der Waals surface area (Å²) in [6.45, 7) is 7.55. The average molecular weight is 173 g/mol. The van der Waals surface area contributed by atoms with Crippen LogP contribution in [0.1, 0.15) is 12.8 Å². The molecule has 0 aliphatic heterocycles. The molecule has 0 aromatic rings. The second-order valence-corrected chi connectivity index (χ2v) is 3.03. The van der Waals surface area contributed by atoms with Crippen LogP contribution in [0.25, 0.3) is 0 Å². The fourth-order valence-electron chi connectivity index (χ4n) is 1.22. The van der Waals surface area contributed by atoms with Crippen LogP contribution in [0.15, 0.2) is 60.4 Å². The lowest BCUT2D eigenvalue weighted by Gasteiger charge is -2.08. The van der Waals surface area contributed by atoms with Crippen molar-refractivity contribution in [3.05, 3.63) is 60.4 Å². The van der Waals surface area contributed by atoms with Crippen LogP contribution in [0.3, 0.4) is 0 Å². The van der Waals surface area contributed by atoms with Crippen molar-refractivity contribution in [2.24, 2.45) is 5.73 Å². The minimum absolute atomic E-state index is 0.667. The summed E-state index contributed by atoms with van der Waals surface area (Å²) < 4.78 is 0. The Labute approximate surface area is 79.6 Å². The minimum atomic E-state index is 0.667. The summed E-state index contributed by atoms with van der Waals surface area (Å²) in [5, 5.41) is 0. The highest BCUT2D eigenvalue weighted by molar-refractivity contribution is 5.43. The number of rotatable bonds is 3. The van der Waals surface area contributed by atoms with E-state index in [4.69, 9.17) is 5.73 Å². The van der Waals surface area contributed by atoms with E-state index in [9.17, 15) is 0 Å². The summed E-state index contributed by atoms with van der Waals surface area (Å²) in [6, 6.07) is 0. The second kappa shape index (κ2) is 4.51. The van der Waals surface area contributed by atoms with E-state index in [1.807, 2.05) is 6.08 Å². The molecule has 0 fully saturated rings. The summed E-state index contributed by atoms with van der Waals surface area (Å²) >= 11 is 0. The molecule has 0 aromatic heterocycles. The Balaban J connectivity index is 2.73. The summed E-state index contributed by atoms with van der Waals surface area (Å²) in [5.41, 5.74) is 8.53. The predicted molar refractivity (Wildman–Crippen MR) is 58.1 cm³/mol. The molecule has 2 N–H and O–H groups in total. The Hall–Kier alpha value is -1.50. The van der Waals surface area contributed by atoms with Gasteiger partial charge in [-0.2, -0.15) is 0 Å². The van der Waals surface area contributed by atoms with Gasteiger partial charge in [0, 0.05) is 5.70 Å². The highest BCUT2D eigenvalue weighted by Crippen LogP contribution is 2.20. The molecule has 0 spiro atoms. The number of hydrogen-bond donors (Lipinski definition) is 1. The van der Waals surface area contributed by atoms with Gasteiger partial charge >= 0.3 is 0 Å². The molecule has 1 heteroatoms. The molecule has 68 valence electrons. The number of hydrogen-bond acceptors (Lipinski definition) is 1. The smallest absolute Gasteiger partial charge is 0.0313 e. The topological polar surface area (TPSA) is 26.0 Å². The van der Waals surface area contributed by atoms with E-state index in [0.717, 1.165) is 18.4 Å². The molecule has 0 atom stereocenters. The molecule has 1 aliphatic rings. The maximum absolute atomic E-state index is 5.62. The van der Waals surface area contributed by atoms with Crippen molar-refractivity contribution in [2.45, 2.75) is 12.8 Å². The molecule has 13 heavy (non-hydrogen) atoms. The minimum Gasteiger partial charge on any atom is -0.399 e. The molecule has 1 aliphatic carbocycles. The SMILES string of the molecule is C=C/C(N)=C\C(=C)C1=CC=CCC1. The van der Waals surface area contributed by atoms with E-state index in [-0.39, 0.29) is 0 Å². The van der Waals surface area contributed by atoms with Crippen LogP contribution in [-0.4, -0.2) is 0 Å². The van der Waals surface area contributed by atoms with E-state index in [2.05, 4.69) is 31.4 Å². The van der Waals surface area contributed by atoms with Crippen molar-refractivity contribution in [3.63, 3.8) is 0 Å². The predicted octanol–water partition coefficient (Wildman–Crippen LogP) is 2.85. The monoisotopic (exact) mass is 173 g/mol. The Morgan fingerprint density at radius 3 is 2.85 bits per heavy atom. The molecule has 0 amide bonds. The van der Waals surface area contributed by atoms with Crippen LogP contribution in [-0.2, 0) is 0 Å². The van der Waals surface area contributed by atoms with Gasteiger partial charge in [-0.1, -0.05) is 31.4 Å². The lowest BCUT2D eigenvalue weighted by atomic mass is 9.98. The fraction of sp³-hybridized carbons (Fsp3) is 0.167. The van der Waals surface area contributed by atoms with Gasteiger partial charge in [-0.25, -0.2) is 0 Å². The van der Waals surface area contributed by atoms with E-state index < -0.39 is 0 Å². The van der Waals surface area contributed by atoms with E-state index in [0.29, 0.717) is 5.70 Å². The van der Waals surface area contributed by atoms with Crippen molar-refractivity contribution in [1.29, 1.82) is 0 Å². The zero-order valence-corrected chi connectivity index (χ0v) is 7.79. The van der Waals surface area contributed by atoms with Gasteiger partial charge in [0.05, 0.1) is 0 Å². The van der Waals surface area contributed by atoms with Gasteiger partial charge in [0.2, 0.25) is 0 Å². The quantitative estimate of drug-likeness (QED) is 0.652. The fourth-order valence-corrected chi connectivity index (χ4v) is 1.22. The van der Waals surface area contributed by atoms with E-state index in [1.54, 1.807) is 6.08 Å². The number of nitrogens with two attached hydrogens (primary N) is 1. The molecule has 0 saturated heterocycles. The Kier molecular flexibility index (Phi) is 3.32. The molecule has 0 bridgehead atoms. The highest BCUT2D eigenvalue weighted by atomic mass is 14.5. The first-order valence-corrected chi connectivity index (χ1v) is 4.38. The normalized spacial score (nSPS) is 16.6. The van der Waals surface area contributed by atoms with Gasteiger partial charge in [0.1, 0.15) is 0 Å². The van der Waals surface area contributed by atoms with Crippen molar-refractivity contribution in [2.75, 3.05) is 0 Å². The maximum Gasteiger partial charge on any atom is 0.0313 e. The Morgan fingerprint density at radius 1 is 1.54 bits per heavy atom. The Bertz CT molecular complexity index is 303. The van der Waals surface area contributed by atoms with Crippen molar-refractivity contribution >= 4 is 0 Å². The molecule has 0 unspecified atom stereocenters. The lowest BCUT2D eigenvalue weighted by molar-refractivity contribution is 0.978. The first-order valence-electron chi connectivity index (χ1n) is 4.38. The maximum atomic E-state index is 5.62. The zero-order chi connectivity index (χ0) is 9.68. The standard InChI is InChI=1S/C12H15N/c1-3-12(13)9-10(2)11-7-5-4-6-8-11/h3-5,7,9H,1-2,6,8,13H2/b12-9+. The molecule has 0 radical (unpaired) electrons. The van der Waals surface area contributed by atoms with E-state index in [1.165, 1.54) is 5.57 Å². The van der Waals surface area contributed by atoms with Crippen molar-refractivity contribution in [1.82, 2.24) is 0 Å². The third-order valence-electron chi connectivity index (χ3n) is 2.00. The molecule has 1 rings (SSSR count). The average Bonchev–Trinajstić information content (AvgIpc) is 2.19. The second-order valence-electron chi connectivity index (χ2n) is 3.03. The summed E-state index contributed by atoms with van der Waals surface area (Å²) in [4.78, 5) is 0. The van der Waals surface area contributed by atoms with E-state index >= 15 is 0 Å². The molecule has 0 heterocycles. The largest absolute Gasteiger partial charge is 0.399 e. The molecule has 0 saturated carbocycles. The molecular formula is C12H15N. The van der Waals surface area contributed by atoms with Crippen LogP contribution in [0.4, 0.5) is 0 Å². The van der Waals surface area contributed by atoms with Gasteiger partial charge in [-0.05, 0) is 36.1 Å². The third kappa shape index (κ3) is 2.79. The van der Waals surface area contributed by atoms with Crippen LogP contribution in [0.5, 0.6) is 0 Å². The summed E-state index contributed by atoms with van der Waals surface area (Å²) in [5.74, 6) is 0. The van der Waals surface area contributed by atoms with Crippen LogP contribution in [0, 0.1) is 0 Å². The molecular weight excluding hydrogens is 158 g/mol. The van der Waals surface area contributed by atoms with Gasteiger partial charge in [0.25, 0.3) is 0 Å². The zero-order valence-electron chi connectivity index (χ0n) is 7.79. The van der Waals surface area contributed by atoms with Crippen LogP contribution in [0.2, 0.25) is 0 Å². The van der Waals surface area contributed by atoms with Crippen molar-refractivity contribution in [3.8, 4) is 0 Å². The Morgan fingerprint density at radius 2 is 2.31 bits per heavy atom. The lowest BCUT2D eigenvalue weighted by Crippen LogP contribution is -1.95. The van der Waals surface area contributed by atoms with Gasteiger partial charge in [-0.15, -0.1) is 0 Å². The van der Waals surface area contributed by atoms with Gasteiger partial charge in [0.15, 0.2) is 0 Å². The third-order valence-corrected chi connectivity index (χ3v) is 2.00. The van der Waals surface area contributed by atoms with Gasteiger partial charge in [-0.3, -0.25) is 0 Å². The number of allylic oxidation sites excluding steroid dienone is 7. The first-order chi connectivity index (χ1) is 6.24. The highest BCUT2D eigenvalue weighted by Gasteiger charge is 2.01. The summed E-state index contributed by atoms with van der Waals surface area (Å²) in [7, 11) is 0. The van der Waals surface area contributed by atoms with Crippen LogP contribution < -0.4 is 5.73 Å². The van der Waals surface area contributed by atoms with Gasteiger partial charge < -0.3 is 5.73 Å². The first kappa shape index (κ1) is 9.59. The van der Waals surface area contributed by atoms with Crippen LogP contribution >= 0.6 is 0 Å². The van der Waals surface area contributed by atoms with Crippen molar-refractivity contribution < 1.29 is 0 Å². The molecule has 0 aromatic carbocycles. The summed E-state index contributed by atoms with van der Waals surface area (Å²) in [6.07, 6.45) is 11.9.